The number of hydrogen-bond donors (Lipinski definition) is 2. The van der Waals surface area contributed by atoms with Crippen molar-refractivity contribution in [1.82, 2.24) is 4.90 Å². The van der Waals surface area contributed by atoms with Gasteiger partial charge in [0.05, 0.1) is 13.2 Å². The molecular weight excluding hydrogens is 522 g/mol. The average molecular weight is 562 g/mol. The summed E-state index contributed by atoms with van der Waals surface area (Å²) in [6.45, 7) is 2.87. The van der Waals surface area contributed by atoms with E-state index in [1.165, 1.54) is 30.5 Å². The summed E-state index contributed by atoms with van der Waals surface area (Å²) in [7, 11) is 1.83. The van der Waals surface area contributed by atoms with Crippen LogP contribution in [0.4, 0.5) is 0 Å². The third kappa shape index (κ3) is 3.53. The summed E-state index contributed by atoms with van der Waals surface area (Å²) in [4.78, 5) is 13.7. The van der Waals surface area contributed by atoms with E-state index in [0.29, 0.717) is 30.8 Å². The number of carboxylic acid groups (broad SMARTS) is 1. The van der Waals surface area contributed by atoms with E-state index < -0.39 is 11.6 Å². The number of benzene rings is 2. The molecule has 3 unspecified atom stereocenters. The Kier molecular flexibility index (Phi) is 5.74. The zero-order valence-electron chi connectivity index (χ0n) is 23.6. The molecule has 2 aliphatic heterocycles. The number of fused-ring (bicyclic) bond motifs is 2. The number of ether oxygens (including phenoxy) is 4. The summed E-state index contributed by atoms with van der Waals surface area (Å²) in [6.07, 6.45) is 7.71. The van der Waals surface area contributed by atoms with Crippen molar-refractivity contribution in [2.45, 2.75) is 74.7 Å². The molecule has 8 nitrogen and oxygen atoms in total. The molecule has 4 saturated carbocycles. The summed E-state index contributed by atoms with van der Waals surface area (Å²) in [5.41, 5.74) is 3.02. The van der Waals surface area contributed by atoms with Gasteiger partial charge in [0.2, 0.25) is 0 Å². The third-order valence-electron chi connectivity index (χ3n) is 11.7. The quantitative estimate of drug-likeness (QED) is 0.443. The van der Waals surface area contributed by atoms with Gasteiger partial charge in [0, 0.05) is 42.0 Å². The van der Waals surface area contributed by atoms with E-state index in [-0.39, 0.29) is 35.2 Å². The first kappa shape index (κ1) is 25.9. The lowest BCUT2D eigenvalue weighted by Gasteiger charge is -2.74. The molecule has 5 fully saturated rings. The lowest BCUT2D eigenvalue weighted by Crippen LogP contribution is -2.81. The maximum Gasteiger partial charge on any atom is 0.341 e. The van der Waals surface area contributed by atoms with Crippen LogP contribution < -0.4 is 9.47 Å². The minimum Gasteiger partial charge on any atom is -0.504 e. The fraction of sp³-hybridized carbons (Fsp3) is 0.606. The molecule has 218 valence electrons. The first-order chi connectivity index (χ1) is 19.9. The highest BCUT2D eigenvalue weighted by Crippen LogP contribution is 2.76. The van der Waals surface area contributed by atoms with Crippen molar-refractivity contribution in [2.75, 3.05) is 33.4 Å². The first-order valence-corrected chi connectivity index (χ1v) is 15.2. The Balaban J connectivity index is 1.11. The van der Waals surface area contributed by atoms with E-state index in [0.717, 1.165) is 50.1 Å². The molecule has 0 aromatic heterocycles. The Morgan fingerprint density at radius 1 is 1.17 bits per heavy atom. The number of phenolic OH excluding ortho intramolecular Hbond substituents is 1. The van der Waals surface area contributed by atoms with Gasteiger partial charge in [-0.3, -0.25) is 4.90 Å². The Bertz CT molecular complexity index is 1390. The van der Waals surface area contributed by atoms with E-state index in [4.69, 9.17) is 24.1 Å². The highest BCUT2D eigenvalue weighted by Gasteiger charge is 2.80. The van der Waals surface area contributed by atoms with Crippen LogP contribution in [0.5, 0.6) is 17.2 Å². The number of rotatable bonds is 10. The van der Waals surface area contributed by atoms with Gasteiger partial charge >= 0.3 is 5.97 Å². The number of likely N-dealkylation sites (tertiary alicyclic amines) is 1. The van der Waals surface area contributed by atoms with Crippen LogP contribution in [-0.4, -0.2) is 72.2 Å². The lowest BCUT2D eigenvalue weighted by molar-refractivity contribution is -0.283. The SMILES string of the molecule is COC12CCC3(C[C@@H]1COCc1cccc(OCC(=O)O)c1)[C@H]1Cc4ccc(O)c5c4C3(CCN1CC1CC1)[C@H]2O5. The zero-order valence-corrected chi connectivity index (χ0v) is 23.6. The van der Waals surface area contributed by atoms with Crippen LogP contribution in [0.3, 0.4) is 0 Å². The fourth-order valence-corrected chi connectivity index (χ4v) is 9.93. The summed E-state index contributed by atoms with van der Waals surface area (Å²) in [5, 5.41) is 20.0. The lowest BCUT2D eigenvalue weighted by atomic mass is 9.35. The summed E-state index contributed by atoms with van der Waals surface area (Å²) < 4.78 is 25.3. The molecule has 4 bridgehead atoms. The van der Waals surface area contributed by atoms with E-state index in [9.17, 15) is 9.90 Å². The largest absolute Gasteiger partial charge is 0.504 e. The van der Waals surface area contributed by atoms with Crippen LogP contribution in [-0.2, 0) is 32.7 Å². The molecule has 2 heterocycles. The molecule has 41 heavy (non-hydrogen) atoms. The normalized spacial score (nSPS) is 36.1. The second kappa shape index (κ2) is 9.09. The number of carboxylic acids is 1. The number of carbonyl (C=O) groups is 1. The second-order valence-electron chi connectivity index (χ2n) is 13.4. The van der Waals surface area contributed by atoms with Gasteiger partial charge in [-0.2, -0.15) is 0 Å². The van der Waals surface area contributed by atoms with Gasteiger partial charge in [0.15, 0.2) is 18.1 Å². The number of aliphatic carboxylic acids is 1. The maximum atomic E-state index is 11.0. The molecule has 9 rings (SSSR count). The van der Waals surface area contributed by atoms with Crippen molar-refractivity contribution in [3.05, 3.63) is 53.1 Å². The molecule has 2 N–H and O–H groups in total. The zero-order chi connectivity index (χ0) is 28.0. The molecule has 1 saturated heterocycles. The van der Waals surface area contributed by atoms with Crippen molar-refractivity contribution in [3.63, 3.8) is 0 Å². The van der Waals surface area contributed by atoms with Crippen molar-refractivity contribution < 1.29 is 34.0 Å². The van der Waals surface area contributed by atoms with Gasteiger partial charge < -0.3 is 29.2 Å². The Morgan fingerprint density at radius 3 is 2.85 bits per heavy atom. The van der Waals surface area contributed by atoms with Crippen LogP contribution in [0.25, 0.3) is 0 Å². The first-order valence-electron chi connectivity index (χ1n) is 15.2. The van der Waals surface area contributed by atoms with Crippen LogP contribution >= 0.6 is 0 Å². The molecule has 0 radical (unpaired) electrons. The summed E-state index contributed by atoms with van der Waals surface area (Å²) >= 11 is 0. The number of methoxy groups -OCH3 is 1. The third-order valence-corrected chi connectivity index (χ3v) is 11.7. The number of aromatic hydroxyl groups is 1. The van der Waals surface area contributed by atoms with Gasteiger partial charge in [-0.15, -0.1) is 0 Å². The van der Waals surface area contributed by atoms with Crippen molar-refractivity contribution >= 4 is 5.97 Å². The van der Waals surface area contributed by atoms with Gasteiger partial charge in [-0.1, -0.05) is 18.2 Å². The van der Waals surface area contributed by atoms with E-state index >= 15 is 0 Å². The van der Waals surface area contributed by atoms with E-state index in [1.54, 1.807) is 6.07 Å². The molecule has 2 aromatic rings. The fourth-order valence-electron chi connectivity index (χ4n) is 9.93. The number of phenols is 1. The molecule has 8 heteroatoms. The molecule has 7 aliphatic rings. The number of nitrogens with zero attached hydrogens (tertiary/aromatic N) is 1. The number of piperidine rings is 1. The highest BCUT2D eigenvalue weighted by molar-refractivity contribution is 5.68. The minimum absolute atomic E-state index is 0.0652. The predicted octanol–water partition coefficient (Wildman–Crippen LogP) is 4.30. The highest BCUT2D eigenvalue weighted by atomic mass is 16.6. The van der Waals surface area contributed by atoms with E-state index in [2.05, 4.69) is 11.0 Å². The van der Waals surface area contributed by atoms with Crippen molar-refractivity contribution in [2.24, 2.45) is 17.3 Å². The maximum absolute atomic E-state index is 11.0. The molecule has 6 atom stereocenters. The van der Waals surface area contributed by atoms with Gasteiger partial charge in [0.25, 0.3) is 0 Å². The van der Waals surface area contributed by atoms with Gasteiger partial charge in [-0.25, -0.2) is 4.79 Å². The minimum atomic E-state index is -0.999. The monoisotopic (exact) mass is 561 g/mol. The standard InChI is InChI=1S/C33H39NO7/c1-38-33-10-9-31(15-23(33)18-39-17-21-3-2-4-24(13-21)40-19-27(36)37)26-14-22-7-8-25(35)29-28(22)32(31,30(33)41-29)11-12-34(26)16-20-5-6-20/h2-4,7-8,13,20,23,26,30,35H,5-6,9-12,14-19H2,1H3,(H,36,37)/t23-,26-,30-,31?,32?,33?/m1/s1. The van der Waals surface area contributed by atoms with Crippen molar-refractivity contribution in [1.29, 1.82) is 0 Å². The van der Waals surface area contributed by atoms with Crippen LogP contribution in [0.1, 0.15) is 55.2 Å². The van der Waals surface area contributed by atoms with Crippen LogP contribution in [0.15, 0.2) is 36.4 Å². The summed E-state index contributed by atoms with van der Waals surface area (Å²) in [5.74, 6) is 1.48. The second-order valence-corrected chi connectivity index (χ2v) is 13.4. The average Bonchev–Trinajstić information content (AvgIpc) is 3.71. The van der Waals surface area contributed by atoms with Gasteiger partial charge in [-0.05, 0) is 86.7 Å². The molecule has 2 aromatic carbocycles. The topological polar surface area (TPSA) is 97.7 Å². The molecular formula is C33H39NO7. The van der Waals surface area contributed by atoms with Gasteiger partial charge in [0.1, 0.15) is 17.5 Å². The van der Waals surface area contributed by atoms with Crippen molar-refractivity contribution in [3.8, 4) is 17.2 Å². The smallest absolute Gasteiger partial charge is 0.341 e. The van der Waals surface area contributed by atoms with Crippen LogP contribution in [0, 0.1) is 17.3 Å². The predicted molar refractivity (Wildman–Crippen MR) is 149 cm³/mol. The molecule has 2 spiro atoms. The van der Waals surface area contributed by atoms with Crippen LogP contribution in [0.2, 0.25) is 0 Å². The Labute approximate surface area is 240 Å². The molecule has 5 aliphatic carbocycles. The Morgan fingerprint density at radius 2 is 2.05 bits per heavy atom. The summed E-state index contributed by atoms with van der Waals surface area (Å²) in [6, 6.07) is 11.9. The van der Waals surface area contributed by atoms with E-state index in [1.807, 2.05) is 31.4 Å². The number of hydrogen-bond acceptors (Lipinski definition) is 7. The Hall–Kier alpha value is -2.81. The molecule has 0 amide bonds.